The summed E-state index contributed by atoms with van der Waals surface area (Å²) < 4.78 is 5.11. The second kappa shape index (κ2) is 4.23. The number of carbonyl (C=O) groups excluding carboxylic acids is 2. The number of aldehydes is 1. The number of hydrogen-bond donors (Lipinski definition) is 0. The maximum absolute atomic E-state index is 11.1. The second-order valence-corrected chi connectivity index (χ2v) is 2.75. The van der Waals surface area contributed by atoms with Gasteiger partial charge in [-0.3, -0.25) is 4.79 Å². The lowest BCUT2D eigenvalue weighted by Gasteiger charge is -2.19. The largest absolute Gasteiger partial charge is 0.381 e. The fourth-order valence-corrected chi connectivity index (χ4v) is 1.24. The summed E-state index contributed by atoms with van der Waals surface area (Å²) in [7, 11) is 0. The molecule has 1 aliphatic heterocycles. The lowest BCUT2D eigenvalue weighted by Crippen LogP contribution is -2.25. The molecule has 0 aromatic rings. The van der Waals surface area contributed by atoms with E-state index in [2.05, 4.69) is 0 Å². The van der Waals surface area contributed by atoms with E-state index in [0.717, 1.165) is 19.4 Å². The molecule has 0 radical (unpaired) electrons. The molecule has 3 nitrogen and oxygen atoms in total. The van der Waals surface area contributed by atoms with Crippen molar-refractivity contribution >= 4 is 12.1 Å². The highest BCUT2D eigenvalue weighted by atomic mass is 16.5. The van der Waals surface area contributed by atoms with Gasteiger partial charge in [0, 0.05) is 12.5 Å². The van der Waals surface area contributed by atoms with Crippen LogP contribution in [0.5, 0.6) is 0 Å². The first-order chi connectivity index (χ1) is 5.34. The van der Waals surface area contributed by atoms with Gasteiger partial charge in [-0.2, -0.15) is 0 Å². The van der Waals surface area contributed by atoms with E-state index in [0.29, 0.717) is 12.9 Å². The van der Waals surface area contributed by atoms with Crippen LogP contribution in [0.3, 0.4) is 0 Å². The molecule has 0 spiro atoms. The summed E-state index contributed by atoms with van der Waals surface area (Å²) in [6.45, 7) is 1.26. The van der Waals surface area contributed by atoms with Crippen LogP contribution in [0.1, 0.15) is 19.3 Å². The Hall–Kier alpha value is -0.700. The molecule has 1 heterocycles. The van der Waals surface area contributed by atoms with Crippen LogP contribution in [0.15, 0.2) is 0 Å². The van der Waals surface area contributed by atoms with E-state index >= 15 is 0 Å². The molecule has 0 saturated carbocycles. The van der Waals surface area contributed by atoms with Crippen LogP contribution in [0.25, 0.3) is 0 Å². The van der Waals surface area contributed by atoms with Gasteiger partial charge >= 0.3 is 0 Å². The predicted octanol–water partition coefficient (Wildman–Crippen LogP) is 0.571. The molecule has 0 aromatic carbocycles. The lowest BCUT2D eigenvalue weighted by molar-refractivity contribution is -0.128. The molecule has 62 valence electrons. The van der Waals surface area contributed by atoms with E-state index < -0.39 is 0 Å². The van der Waals surface area contributed by atoms with Crippen LogP contribution in [0.2, 0.25) is 0 Å². The van der Waals surface area contributed by atoms with Crippen molar-refractivity contribution in [3.05, 3.63) is 0 Å². The molecule has 0 amide bonds. The Morgan fingerprint density at radius 1 is 1.64 bits per heavy atom. The lowest BCUT2D eigenvalue weighted by atomic mass is 9.96. The van der Waals surface area contributed by atoms with Gasteiger partial charge in [0.15, 0.2) is 0 Å². The number of rotatable bonds is 3. The summed E-state index contributed by atoms with van der Waals surface area (Å²) in [6.07, 6.45) is 2.53. The minimum Gasteiger partial charge on any atom is -0.381 e. The molecule has 3 heteroatoms. The monoisotopic (exact) mass is 156 g/mol. The first-order valence-electron chi connectivity index (χ1n) is 3.88. The number of Topliss-reactive ketones (excluding diaryl/α,β-unsaturated/α-hetero) is 1. The summed E-state index contributed by atoms with van der Waals surface area (Å²) >= 11 is 0. The molecule has 1 saturated heterocycles. The van der Waals surface area contributed by atoms with Crippen LogP contribution >= 0.6 is 0 Å². The van der Waals surface area contributed by atoms with Gasteiger partial charge in [0.05, 0.1) is 13.0 Å². The molecule has 0 bridgehead atoms. The normalized spacial score (nSPS) is 24.5. The number of ketones is 1. The van der Waals surface area contributed by atoms with Gasteiger partial charge in [0.2, 0.25) is 0 Å². The highest BCUT2D eigenvalue weighted by Gasteiger charge is 2.20. The molecule has 0 N–H and O–H groups in total. The molecule has 11 heavy (non-hydrogen) atoms. The summed E-state index contributed by atoms with van der Waals surface area (Å²) in [6, 6.07) is 0. The standard InChI is InChI=1S/C8H12O3/c9-4-3-8(10)7-2-1-5-11-6-7/h4,7H,1-3,5-6H2. The third kappa shape index (κ3) is 2.42. The van der Waals surface area contributed by atoms with E-state index in [1.807, 2.05) is 0 Å². The van der Waals surface area contributed by atoms with Crippen molar-refractivity contribution in [3.8, 4) is 0 Å². The minimum absolute atomic E-state index is 0.0195. The van der Waals surface area contributed by atoms with Gasteiger partial charge in [0.1, 0.15) is 12.1 Å². The smallest absolute Gasteiger partial charge is 0.145 e. The van der Waals surface area contributed by atoms with Crippen molar-refractivity contribution in [1.82, 2.24) is 0 Å². The molecular weight excluding hydrogens is 144 g/mol. The van der Waals surface area contributed by atoms with Gasteiger partial charge < -0.3 is 9.53 Å². The quantitative estimate of drug-likeness (QED) is 0.443. The Morgan fingerprint density at radius 2 is 2.45 bits per heavy atom. The maximum atomic E-state index is 11.1. The topological polar surface area (TPSA) is 43.4 Å². The van der Waals surface area contributed by atoms with E-state index in [4.69, 9.17) is 4.74 Å². The van der Waals surface area contributed by atoms with Crippen molar-refractivity contribution in [1.29, 1.82) is 0 Å². The SMILES string of the molecule is O=CCC(=O)C1CCCOC1. The van der Waals surface area contributed by atoms with Gasteiger partial charge in [-0.05, 0) is 12.8 Å². The van der Waals surface area contributed by atoms with Gasteiger partial charge in [-0.25, -0.2) is 0 Å². The molecule has 1 rings (SSSR count). The van der Waals surface area contributed by atoms with Crippen molar-refractivity contribution in [3.63, 3.8) is 0 Å². The highest BCUT2D eigenvalue weighted by Crippen LogP contribution is 2.15. The molecule has 0 aliphatic carbocycles. The third-order valence-corrected chi connectivity index (χ3v) is 1.90. The summed E-state index contributed by atoms with van der Waals surface area (Å²) in [5.41, 5.74) is 0. The summed E-state index contributed by atoms with van der Waals surface area (Å²) in [5, 5.41) is 0. The Labute approximate surface area is 65.7 Å². The van der Waals surface area contributed by atoms with Gasteiger partial charge in [-0.15, -0.1) is 0 Å². The molecule has 0 aromatic heterocycles. The number of ether oxygens (including phenoxy) is 1. The summed E-state index contributed by atoms with van der Waals surface area (Å²) in [5.74, 6) is 0.00801. The van der Waals surface area contributed by atoms with Crippen molar-refractivity contribution < 1.29 is 14.3 Å². The zero-order valence-electron chi connectivity index (χ0n) is 6.41. The van der Waals surface area contributed by atoms with Crippen molar-refractivity contribution in [2.75, 3.05) is 13.2 Å². The van der Waals surface area contributed by atoms with Gasteiger partial charge in [0.25, 0.3) is 0 Å². The third-order valence-electron chi connectivity index (χ3n) is 1.90. The predicted molar refractivity (Wildman–Crippen MR) is 39.2 cm³/mol. The van der Waals surface area contributed by atoms with E-state index in [1.165, 1.54) is 0 Å². The van der Waals surface area contributed by atoms with Crippen LogP contribution in [0.4, 0.5) is 0 Å². The van der Waals surface area contributed by atoms with Crippen LogP contribution in [0, 0.1) is 5.92 Å². The molecule has 1 aliphatic rings. The first kappa shape index (κ1) is 8.40. The zero-order chi connectivity index (χ0) is 8.10. The second-order valence-electron chi connectivity index (χ2n) is 2.75. The summed E-state index contributed by atoms with van der Waals surface area (Å²) in [4.78, 5) is 21.1. The Morgan fingerprint density at radius 3 is 3.00 bits per heavy atom. The van der Waals surface area contributed by atoms with Crippen LogP contribution in [-0.4, -0.2) is 25.3 Å². The Balaban J connectivity index is 2.32. The zero-order valence-corrected chi connectivity index (χ0v) is 6.41. The van der Waals surface area contributed by atoms with Crippen LogP contribution < -0.4 is 0 Å². The number of hydrogen-bond acceptors (Lipinski definition) is 3. The minimum atomic E-state index is -0.0195. The molecule has 1 unspecified atom stereocenters. The first-order valence-corrected chi connectivity index (χ1v) is 3.88. The van der Waals surface area contributed by atoms with Crippen LogP contribution in [-0.2, 0) is 14.3 Å². The van der Waals surface area contributed by atoms with E-state index in [1.54, 1.807) is 0 Å². The average molecular weight is 156 g/mol. The van der Waals surface area contributed by atoms with Crippen molar-refractivity contribution in [2.24, 2.45) is 5.92 Å². The van der Waals surface area contributed by atoms with E-state index in [9.17, 15) is 9.59 Å². The fourth-order valence-electron chi connectivity index (χ4n) is 1.24. The van der Waals surface area contributed by atoms with Gasteiger partial charge in [-0.1, -0.05) is 0 Å². The maximum Gasteiger partial charge on any atom is 0.145 e. The number of carbonyl (C=O) groups is 2. The fraction of sp³-hybridized carbons (Fsp3) is 0.750. The molecule has 1 fully saturated rings. The molecular formula is C8H12O3. The Bertz CT molecular complexity index is 147. The molecule has 1 atom stereocenters. The highest BCUT2D eigenvalue weighted by molar-refractivity contribution is 5.91. The van der Waals surface area contributed by atoms with Crippen molar-refractivity contribution in [2.45, 2.75) is 19.3 Å². The average Bonchev–Trinajstić information content (AvgIpc) is 2.07. The Kier molecular flexibility index (Phi) is 3.23. The van der Waals surface area contributed by atoms with E-state index in [-0.39, 0.29) is 18.1 Å².